The van der Waals surface area contributed by atoms with Crippen molar-refractivity contribution in [3.05, 3.63) is 46.3 Å². The van der Waals surface area contributed by atoms with E-state index in [4.69, 9.17) is 23.2 Å². The number of carbonyl (C=O) groups excluding carboxylic acids is 1. The number of hydrogen-bond donors (Lipinski definition) is 0. The van der Waals surface area contributed by atoms with E-state index in [0.717, 1.165) is 18.1 Å². The third kappa shape index (κ3) is 3.26. The van der Waals surface area contributed by atoms with Gasteiger partial charge < -0.3 is 9.47 Å². The number of alkyl halides is 1. The van der Waals surface area contributed by atoms with Gasteiger partial charge in [0.15, 0.2) is 0 Å². The number of rotatable bonds is 4. The molecule has 1 atom stereocenters. The quantitative estimate of drug-likeness (QED) is 0.777. The van der Waals surface area contributed by atoms with E-state index in [1.807, 2.05) is 11.5 Å². The van der Waals surface area contributed by atoms with Crippen LogP contribution in [-0.2, 0) is 24.3 Å². The maximum absolute atomic E-state index is 14.1. The van der Waals surface area contributed by atoms with Gasteiger partial charge in [0.2, 0.25) is 5.91 Å². The van der Waals surface area contributed by atoms with E-state index in [1.54, 1.807) is 17.0 Å². The second-order valence-corrected chi connectivity index (χ2v) is 6.50. The van der Waals surface area contributed by atoms with E-state index >= 15 is 0 Å². The first kappa shape index (κ1) is 17.2. The number of aromatic nitrogens is 3. The minimum atomic E-state index is -0.424. The van der Waals surface area contributed by atoms with Gasteiger partial charge in [-0.05, 0) is 25.5 Å². The molecule has 24 heavy (non-hydrogen) atoms. The summed E-state index contributed by atoms with van der Waals surface area (Å²) in [5.74, 6) is 0.890. The average Bonchev–Trinajstić information content (AvgIpc) is 2.95. The molecule has 0 spiro atoms. The van der Waals surface area contributed by atoms with Crippen LogP contribution in [0.4, 0.5) is 4.39 Å². The maximum Gasteiger partial charge on any atom is 0.238 e. The summed E-state index contributed by atoms with van der Waals surface area (Å²) < 4.78 is 16.1. The molecule has 128 valence electrons. The largest absolute Gasteiger partial charge is 0.332 e. The first-order valence-corrected chi connectivity index (χ1v) is 8.59. The smallest absolute Gasteiger partial charge is 0.238 e. The van der Waals surface area contributed by atoms with Gasteiger partial charge >= 0.3 is 0 Å². The second-order valence-electron chi connectivity index (χ2n) is 5.82. The Hall–Kier alpha value is -1.66. The molecule has 0 fully saturated rings. The number of hydrogen-bond acceptors (Lipinski definition) is 3. The standard InChI is InChI=1S/C16H17Cl2FN4O/c1-10-20-21-15-6-5-11(8-22(10)15)23(16(24)7-17)9-12-13(18)3-2-4-14(12)19/h2-4,11H,5-9H2,1H3. The summed E-state index contributed by atoms with van der Waals surface area (Å²) in [5.41, 5.74) is 0.309. The van der Waals surface area contributed by atoms with Gasteiger partial charge in [-0.15, -0.1) is 21.8 Å². The van der Waals surface area contributed by atoms with Crippen molar-refractivity contribution in [3.63, 3.8) is 0 Å². The molecule has 2 heterocycles. The van der Waals surface area contributed by atoms with Crippen molar-refractivity contribution < 1.29 is 9.18 Å². The monoisotopic (exact) mass is 370 g/mol. The van der Waals surface area contributed by atoms with Crippen LogP contribution in [0.5, 0.6) is 0 Å². The number of benzene rings is 1. The fourth-order valence-electron chi connectivity index (χ4n) is 3.05. The molecule has 1 aromatic carbocycles. The van der Waals surface area contributed by atoms with Crippen molar-refractivity contribution in [1.82, 2.24) is 19.7 Å². The molecule has 0 radical (unpaired) electrons. The Morgan fingerprint density at radius 2 is 2.25 bits per heavy atom. The van der Waals surface area contributed by atoms with E-state index in [9.17, 15) is 9.18 Å². The zero-order valence-electron chi connectivity index (χ0n) is 13.2. The predicted molar refractivity (Wildman–Crippen MR) is 89.5 cm³/mol. The fourth-order valence-corrected chi connectivity index (χ4v) is 3.43. The highest BCUT2D eigenvalue weighted by atomic mass is 35.5. The molecule has 8 heteroatoms. The minimum absolute atomic E-state index is 0.0955. The van der Waals surface area contributed by atoms with Gasteiger partial charge in [-0.1, -0.05) is 17.7 Å². The zero-order valence-corrected chi connectivity index (χ0v) is 14.7. The lowest BCUT2D eigenvalue weighted by Crippen LogP contribution is -2.45. The summed E-state index contributed by atoms with van der Waals surface area (Å²) in [5, 5.41) is 8.51. The lowest BCUT2D eigenvalue weighted by Gasteiger charge is -2.35. The van der Waals surface area contributed by atoms with Crippen LogP contribution in [0.1, 0.15) is 23.6 Å². The normalized spacial score (nSPS) is 16.8. The molecule has 1 aromatic heterocycles. The van der Waals surface area contributed by atoms with Gasteiger partial charge in [-0.25, -0.2) is 4.39 Å². The van der Waals surface area contributed by atoms with Crippen molar-refractivity contribution in [3.8, 4) is 0 Å². The topological polar surface area (TPSA) is 51.0 Å². The number of amides is 1. The van der Waals surface area contributed by atoms with E-state index < -0.39 is 5.82 Å². The molecule has 3 rings (SSSR count). The Morgan fingerprint density at radius 3 is 2.96 bits per heavy atom. The first-order valence-electron chi connectivity index (χ1n) is 7.68. The third-order valence-corrected chi connectivity index (χ3v) is 4.96. The fraction of sp³-hybridized carbons (Fsp3) is 0.438. The molecule has 0 aliphatic carbocycles. The Balaban J connectivity index is 1.88. The molecule has 1 unspecified atom stereocenters. The van der Waals surface area contributed by atoms with Crippen molar-refractivity contribution in [2.45, 2.75) is 38.9 Å². The summed E-state index contributed by atoms with van der Waals surface area (Å²) in [6, 6.07) is 4.40. The Labute approximate surface area is 149 Å². The lowest BCUT2D eigenvalue weighted by molar-refractivity contribution is -0.132. The molecule has 5 nitrogen and oxygen atoms in total. The Morgan fingerprint density at radius 1 is 1.46 bits per heavy atom. The summed E-state index contributed by atoms with van der Waals surface area (Å²) in [6.07, 6.45) is 1.44. The molecule has 0 N–H and O–H groups in total. The van der Waals surface area contributed by atoms with Crippen LogP contribution in [-0.4, -0.2) is 37.5 Å². The highest BCUT2D eigenvalue weighted by Gasteiger charge is 2.30. The zero-order chi connectivity index (χ0) is 17.3. The third-order valence-electron chi connectivity index (χ3n) is 4.37. The molecule has 1 amide bonds. The predicted octanol–water partition coefficient (Wildman–Crippen LogP) is 2.96. The van der Waals surface area contributed by atoms with Gasteiger partial charge in [0.25, 0.3) is 0 Å². The van der Waals surface area contributed by atoms with Crippen molar-refractivity contribution in [1.29, 1.82) is 0 Å². The lowest BCUT2D eigenvalue weighted by atomic mass is 10.0. The highest BCUT2D eigenvalue weighted by molar-refractivity contribution is 6.31. The molecule has 0 bridgehead atoms. The van der Waals surface area contributed by atoms with Crippen LogP contribution in [0, 0.1) is 12.7 Å². The maximum atomic E-state index is 14.1. The first-order chi connectivity index (χ1) is 11.5. The summed E-state index contributed by atoms with van der Waals surface area (Å²) in [7, 11) is 0. The van der Waals surface area contributed by atoms with Gasteiger partial charge in [0.1, 0.15) is 23.3 Å². The number of nitrogens with zero attached hydrogens (tertiary/aromatic N) is 4. The van der Waals surface area contributed by atoms with Crippen LogP contribution in [0.25, 0.3) is 0 Å². The highest BCUT2D eigenvalue weighted by Crippen LogP contribution is 2.25. The summed E-state index contributed by atoms with van der Waals surface area (Å²) in [4.78, 5) is 14.0. The molecule has 1 aliphatic heterocycles. The Bertz CT molecular complexity index is 744. The second kappa shape index (κ2) is 7.07. The number of aryl methyl sites for hydroxylation is 2. The number of halogens is 3. The SMILES string of the molecule is Cc1nnc2n1CC(N(Cc1c(F)cccc1Cl)C(=O)CCl)CC2. The molecular formula is C16H17Cl2FN4O. The van der Waals surface area contributed by atoms with E-state index in [2.05, 4.69) is 10.2 Å². The molecule has 2 aromatic rings. The van der Waals surface area contributed by atoms with Crippen molar-refractivity contribution in [2.75, 3.05) is 5.88 Å². The number of carbonyl (C=O) groups is 1. The van der Waals surface area contributed by atoms with Gasteiger partial charge in [0, 0.05) is 23.6 Å². The van der Waals surface area contributed by atoms with E-state index in [-0.39, 0.29) is 24.4 Å². The van der Waals surface area contributed by atoms with Crippen molar-refractivity contribution >= 4 is 29.1 Å². The minimum Gasteiger partial charge on any atom is -0.332 e. The molecule has 0 saturated carbocycles. The molecular weight excluding hydrogens is 354 g/mol. The summed E-state index contributed by atoms with van der Waals surface area (Å²) >= 11 is 11.9. The summed E-state index contributed by atoms with van der Waals surface area (Å²) in [6.45, 7) is 2.54. The van der Waals surface area contributed by atoms with Gasteiger partial charge in [0.05, 0.1) is 12.6 Å². The van der Waals surface area contributed by atoms with Crippen LogP contribution < -0.4 is 0 Å². The van der Waals surface area contributed by atoms with Crippen LogP contribution in [0.3, 0.4) is 0 Å². The number of fused-ring (bicyclic) bond motifs is 1. The van der Waals surface area contributed by atoms with E-state index in [1.165, 1.54) is 6.07 Å². The van der Waals surface area contributed by atoms with Crippen LogP contribution in [0.2, 0.25) is 5.02 Å². The van der Waals surface area contributed by atoms with Crippen LogP contribution in [0.15, 0.2) is 18.2 Å². The average molecular weight is 371 g/mol. The van der Waals surface area contributed by atoms with Crippen molar-refractivity contribution in [2.24, 2.45) is 0 Å². The molecule has 0 saturated heterocycles. The van der Waals surface area contributed by atoms with E-state index in [0.29, 0.717) is 23.6 Å². The molecule has 1 aliphatic rings. The van der Waals surface area contributed by atoms with Gasteiger partial charge in [-0.3, -0.25) is 4.79 Å². The Kier molecular flexibility index (Phi) is 5.06. The van der Waals surface area contributed by atoms with Crippen LogP contribution >= 0.6 is 23.2 Å². The van der Waals surface area contributed by atoms with Gasteiger partial charge in [-0.2, -0.15) is 0 Å².